The first kappa shape index (κ1) is 78.1. The molecule has 0 saturated heterocycles. The molecule has 0 aromatic rings. The van der Waals surface area contributed by atoms with Gasteiger partial charge in [-0.1, -0.05) is 253 Å². The maximum absolute atomic E-state index is 13.0. The van der Waals surface area contributed by atoms with Gasteiger partial charge in [0.2, 0.25) is 0 Å². The Labute approximate surface area is 486 Å². The third-order valence-electron chi connectivity index (χ3n) is 14.4. The SMILES string of the molecule is CCCCCCCCCCCCCCC(=O)OC[C@H](COP(=O)(O)OC[C@@H](O)COP(=O)(O)OC[C@@H](COC(=O)CCCCCCC)OC(=O)CCCCCCC)OC(=O)CCCCCCCCCCCCCCCCC(C)CC. The summed E-state index contributed by atoms with van der Waals surface area (Å²) in [6, 6.07) is 0. The Balaban J connectivity index is 5.09. The summed E-state index contributed by atoms with van der Waals surface area (Å²) >= 11 is 0. The highest BCUT2D eigenvalue weighted by molar-refractivity contribution is 7.47. The molecule has 17 nitrogen and oxygen atoms in total. The van der Waals surface area contributed by atoms with Crippen molar-refractivity contribution >= 4 is 39.5 Å². The number of phosphoric acid groups is 2. The molecule has 0 bridgehead atoms. The molecule has 0 fully saturated rings. The van der Waals surface area contributed by atoms with Crippen LogP contribution in [0.1, 0.15) is 304 Å². The number of hydrogen-bond donors (Lipinski definition) is 3. The van der Waals surface area contributed by atoms with Crippen molar-refractivity contribution in [3.8, 4) is 0 Å². The van der Waals surface area contributed by atoms with Crippen LogP contribution in [0.2, 0.25) is 0 Å². The van der Waals surface area contributed by atoms with Crippen LogP contribution in [0, 0.1) is 5.92 Å². The molecule has 0 aliphatic heterocycles. The Morgan fingerprint density at radius 3 is 0.887 bits per heavy atom. The molecule has 0 spiro atoms. The van der Waals surface area contributed by atoms with Crippen molar-refractivity contribution in [1.82, 2.24) is 0 Å². The summed E-state index contributed by atoms with van der Waals surface area (Å²) in [6.07, 6.45) is 38.3. The molecule has 0 amide bonds. The van der Waals surface area contributed by atoms with Crippen LogP contribution in [0.25, 0.3) is 0 Å². The molecule has 0 aliphatic rings. The summed E-state index contributed by atoms with van der Waals surface area (Å²) in [7, 11) is -9.86. The van der Waals surface area contributed by atoms with Gasteiger partial charge in [-0.15, -0.1) is 0 Å². The highest BCUT2D eigenvalue weighted by atomic mass is 31.2. The largest absolute Gasteiger partial charge is 0.472 e. The third kappa shape index (κ3) is 54.0. The maximum atomic E-state index is 13.0. The van der Waals surface area contributed by atoms with Gasteiger partial charge in [0.15, 0.2) is 12.2 Å². The summed E-state index contributed by atoms with van der Waals surface area (Å²) in [6.45, 7) is 7.04. The second kappa shape index (κ2) is 55.0. The predicted molar refractivity (Wildman–Crippen MR) is 317 cm³/mol. The lowest BCUT2D eigenvalue weighted by Crippen LogP contribution is -2.30. The van der Waals surface area contributed by atoms with Crippen LogP contribution in [0.15, 0.2) is 0 Å². The van der Waals surface area contributed by atoms with E-state index in [2.05, 4.69) is 34.6 Å². The number of ether oxygens (including phenoxy) is 4. The molecule has 474 valence electrons. The number of hydrogen-bond acceptors (Lipinski definition) is 15. The fourth-order valence-electron chi connectivity index (χ4n) is 9.02. The van der Waals surface area contributed by atoms with Crippen LogP contribution in [-0.4, -0.2) is 96.7 Å². The lowest BCUT2D eigenvalue weighted by atomic mass is 9.99. The molecule has 0 saturated carbocycles. The van der Waals surface area contributed by atoms with Crippen molar-refractivity contribution in [2.75, 3.05) is 39.6 Å². The van der Waals surface area contributed by atoms with Gasteiger partial charge in [-0.3, -0.25) is 37.3 Å². The van der Waals surface area contributed by atoms with Gasteiger partial charge in [-0.2, -0.15) is 0 Å². The van der Waals surface area contributed by atoms with Crippen molar-refractivity contribution in [1.29, 1.82) is 0 Å². The zero-order chi connectivity index (χ0) is 59.2. The minimum absolute atomic E-state index is 0.0989. The van der Waals surface area contributed by atoms with E-state index in [1.807, 2.05) is 0 Å². The lowest BCUT2D eigenvalue weighted by molar-refractivity contribution is -0.161. The fraction of sp³-hybridized carbons (Fsp3) is 0.934. The molecule has 3 unspecified atom stereocenters. The van der Waals surface area contributed by atoms with Gasteiger partial charge in [0.1, 0.15) is 19.3 Å². The van der Waals surface area contributed by atoms with Gasteiger partial charge in [-0.25, -0.2) is 9.13 Å². The summed E-state index contributed by atoms with van der Waals surface area (Å²) in [4.78, 5) is 71.5. The number of unbranched alkanes of at least 4 members (excludes halogenated alkanes) is 32. The fourth-order valence-corrected chi connectivity index (χ4v) is 10.6. The van der Waals surface area contributed by atoms with Crippen LogP contribution in [0.3, 0.4) is 0 Å². The van der Waals surface area contributed by atoms with Gasteiger partial charge in [0.25, 0.3) is 0 Å². The van der Waals surface area contributed by atoms with E-state index < -0.39 is 97.5 Å². The summed E-state index contributed by atoms with van der Waals surface area (Å²) < 4.78 is 67.4. The standard InChI is InChI=1S/C61H118O17P2/c1-6-10-13-16-17-18-19-25-28-31-36-40-45-59(64)72-51-57(78-61(66)47-42-37-32-29-26-23-21-20-22-24-27-30-35-38-43-54(5)9-4)53-76-80(69,70)74-49-55(62)48-73-79(67,68)75-52-56(77-60(65)46-41-34-15-12-8-3)50-71-58(63)44-39-33-14-11-7-2/h54-57,62H,6-53H2,1-5H3,(H,67,68)(H,69,70)/t54?,55-,56+,57+/m0/s1. The first-order valence-electron chi connectivity index (χ1n) is 32.2. The monoisotopic (exact) mass is 1180 g/mol. The van der Waals surface area contributed by atoms with Crippen molar-refractivity contribution in [3.05, 3.63) is 0 Å². The molecule has 0 aromatic carbocycles. The minimum Gasteiger partial charge on any atom is -0.462 e. The zero-order valence-corrected chi connectivity index (χ0v) is 53.0. The van der Waals surface area contributed by atoms with E-state index >= 15 is 0 Å². The molecule has 80 heavy (non-hydrogen) atoms. The minimum atomic E-state index is -4.94. The number of aliphatic hydroxyl groups excluding tert-OH is 1. The molecule has 0 radical (unpaired) electrons. The van der Waals surface area contributed by atoms with E-state index in [-0.39, 0.29) is 25.7 Å². The van der Waals surface area contributed by atoms with E-state index in [0.29, 0.717) is 25.7 Å². The van der Waals surface area contributed by atoms with Gasteiger partial charge in [-0.05, 0) is 31.6 Å². The van der Waals surface area contributed by atoms with Crippen LogP contribution in [-0.2, 0) is 65.4 Å². The van der Waals surface area contributed by atoms with Gasteiger partial charge in [0, 0.05) is 25.7 Å². The summed E-state index contributed by atoms with van der Waals surface area (Å²) in [5.74, 6) is -1.31. The number of carbonyl (C=O) groups is 4. The molecule has 0 aromatic heterocycles. The summed E-state index contributed by atoms with van der Waals surface area (Å²) in [5, 5.41) is 10.5. The average molecular weight is 1190 g/mol. The smallest absolute Gasteiger partial charge is 0.462 e. The Bertz CT molecular complexity index is 1570. The van der Waals surface area contributed by atoms with Crippen LogP contribution in [0.4, 0.5) is 0 Å². The predicted octanol–water partition coefficient (Wildman–Crippen LogP) is 16.6. The highest BCUT2D eigenvalue weighted by Crippen LogP contribution is 2.45. The molecule has 0 rings (SSSR count). The highest BCUT2D eigenvalue weighted by Gasteiger charge is 2.30. The first-order chi connectivity index (χ1) is 38.6. The Morgan fingerprint density at radius 1 is 0.350 bits per heavy atom. The molecule has 0 aliphatic carbocycles. The second-order valence-corrected chi connectivity index (χ2v) is 25.2. The number of phosphoric ester groups is 2. The van der Waals surface area contributed by atoms with Crippen molar-refractivity contribution in [2.24, 2.45) is 5.92 Å². The molecule has 6 atom stereocenters. The van der Waals surface area contributed by atoms with Crippen molar-refractivity contribution in [2.45, 2.75) is 323 Å². The van der Waals surface area contributed by atoms with Gasteiger partial charge in [0.05, 0.1) is 26.4 Å². The average Bonchev–Trinajstić information content (AvgIpc) is 3.43. The third-order valence-corrected chi connectivity index (χ3v) is 16.3. The number of aliphatic hydroxyl groups is 1. The molecule has 0 heterocycles. The molecule has 19 heteroatoms. The Kier molecular flexibility index (Phi) is 53.6. The van der Waals surface area contributed by atoms with Crippen LogP contribution >= 0.6 is 15.6 Å². The summed E-state index contributed by atoms with van der Waals surface area (Å²) in [5.41, 5.74) is 0. The number of carbonyl (C=O) groups excluding carboxylic acids is 4. The first-order valence-corrected chi connectivity index (χ1v) is 35.2. The topological polar surface area (TPSA) is 237 Å². The zero-order valence-electron chi connectivity index (χ0n) is 51.2. The molecule has 3 N–H and O–H groups in total. The van der Waals surface area contributed by atoms with Crippen molar-refractivity contribution < 1.29 is 80.2 Å². The normalized spacial score (nSPS) is 14.7. The molecular weight excluding hydrogens is 1070 g/mol. The van der Waals surface area contributed by atoms with E-state index in [1.165, 1.54) is 122 Å². The van der Waals surface area contributed by atoms with E-state index in [4.69, 9.17) is 37.0 Å². The van der Waals surface area contributed by atoms with E-state index in [0.717, 1.165) is 102 Å². The second-order valence-electron chi connectivity index (χ2n) is 22.3. The van der Waals surface area contributed by atoms with E-state index in [1.54, 1.807) is 0 Å². The Morgan fingerprint density at radius 2 is 0.600 bits per heavy atom. The Hall–Kier alpha value is -1.94. The quantitative estimate of drug-likeness (QED) is 0.0222. The van der Waals surface area contributed by atoms with Gasteiger partial charge < -0.3 is 33.8 Å². The lowest BCUT2D eigenvalue weighted by Gasteiger charge is -2.21. The van der Waals surface area contributed by atoms with Crippen LogP contribution < -0.4 is 0 Å². The number of esters is 4. The van der Waals surface area contributed by atoms with E-state index in [9.17, 15) is 43.2 Å². The number of rotatable bonds is 61. The van der Waals surface area contributed by atoms with Crippen LogP contribution in [0.5, 0.6) is 0 Å². The molecular formula is C61H118O17P2. The van der Waals surface area contributed by atoms with Crippen molar-refractivity contribution in [3.63, 3.8) is 0 Å². The maximum Gasteiger partial charge on any atom is 0.472 e. The van der Waals surface area contributed by atoms with Gasteiger partial charge >= 0.3 is 39.5 Å².